The molecule has 0 heterocycles. The van der Waals surface area contributed by atoms with Crippen LogP contribution in [0.1, 0.15) is 5.56 Å². The molecule has 2 N–H and O–H groups in total. The fourth-order valence-electron chi connectivity index (χ4n) is 1.07. The predicted molar refractivity (Wildman–Crippen MR) is 57.2 cm³/mol. The molecule has 0 amide bonds. The predicted octanol–water partition coefficient (Wildman–Crippen LogP) is 1.46. The summed E-state index contributed by atoms with van der Waals surface area (Å²) in [6.07, 6.45) is 4.09. The second-order valence-corrected chi connectivity index (χ2v) is 3.55. The summed E-state index contributed by atoms with van der Waals surface area (Å²) in [7, 11) is 0.494. The highest BCUT2D eigenvalue weighted by Crippen LogP contribution is 2.06. The van der Waals surface area contributed by atoms with Gasteiger partial charge < -0.3 is 5.73 Å². The number of benzene rings is 1. The molecule has 0 aliphatic carbocycles. The zero-order valence-electron chi connectivity index (χ0n) is 7.31. The smallest absolute Gasteiger partial charge is 0.197 e. The maximum Gasteiger partial charge on any atom is 0.197 e. The van der Waals surface area contributed by atoms with E-state index in [9.17, 15) is 4.79 Å². The molecule has 2 nitrogen and oxygen atoms in total. The van der Waals surface area contributed by atoms with Crippen LogP contribution in [0.15, 0.2) is 30.3 Å². The van der Waals surface area contributed by atoms with Gasteiger partial charge in [-0.25, -0.2) is 0 Å². The Morgan fingerprint density at radius 1 is 1.46 bits per heavy atom. The van der Waals surface area contributed by atoms with Gasteiger partial charge in [0.15, 0.2) is 5.52 Å². The average Bonchev–Trinajstić information content (AvgIpc) is 2.18. The van der Waals surface area contributed by atoms with Gasteiger partial charge in [0.25, 0.3) is 0 Å². The maximum absolute atomic E-state index is 11.1. The summed E-state index contributed by atoms with van der Waals surface area (Å²) in [5.74, 6) is 0. The normalized spacial score (nSPS) is 12.7. The van der Waals surface area contributed by atoms with Crippen LogP contribution < -0.4 is 5.73 Å². The molecule has 0 saturated heterocycles. The largest absolute Gasteiger partial charge is 0.321 e. The van der Waals surface area contributed by atoms with Crippen molar-refractivity contribution in [3.63, 3.8) is 0 Å². The summed E-state index contributed by atoms with van der Waals surface area (Å²) in [5, 5.41) is 0. The van der Waals surface area contributed by atoms with Crippen molar-refractivity contribution in [1.29, 1.82) is 0 Å². The van der Waals surface area contributed by atoms with Crippen LogP contribution in [0.5, 0.6) is 0 Å². The third kappa shape index (κ3) is 3.10. The Morgan fingerprint density at radius 2 is 2.08 bits per heavy atom. The molecule has 0 unspecified atom stereocenters. The van der Waals surface area contributed by atoms with Gasteiger partial charge in [-0.2, -0.15) is 0 Å². The van der Waals surface area contributed by atoms with Gasteiger partial charge in [0.1, 0.15) is 0 Å². The van der Waals surface area contributed by atoms with Crippen LogP contribution in [0.2, 0.25) is 0 Å². The zero-order valence-corrected chi connectivity index (χ0v) is 8.21. The molecule has 0 aliphatic rings. The summed E-state index contributed by atoms with van der Waals surface area (Å²) in [5.41, 5.74) is 6.74. The lowest BCUT2D eigenvalue weighted by atomic mass is 10.1. The molecule has 0 aromatic heterocycles. The highest BCUT2D eigenvalue weighted by atomic mass is 31.1. The van der Waals surface area contributed by atoms with Crippen LogP contribution in [-0.2, 0) is 11.2 Å². The van der Waals surface area contributed by atoms with Crippen molar-refractivity contribution < 1.29 is 4.79 Å². The van der Waals surface area contributed by atoms with Crippen molar-refractivity contribution in [2.75, 3.05) is 0 Å². The third-order valence-corrected chi connectivity index (χ3v) is 2.41. The van der Waals surface area contributed by atoms with Gasteiger partial charge >= 0.3 is 0 Å². The van der Waals surface area contributed by atoms with Crippen molar-refractivity contribution in [1.82, 2.24) is 0 Å². The minimum Gasteiger partial charge on any atom is -0.321 e. The minimum atomic E-state index is -0.415. The molecular formula is C10H12NOP. The van der Waals surface area contributed by atoms with E-state index in [0.29, 0.717) is 14.6 Å². The molecule has 1 rings (SSSR count). The SMILES string of the molecule is C=PC(=O)[C@@H](N)Cc1ccccc1. The Morgan fingerprint density at radius 3 is 2.62 bits per heavy atom. The standard InChI is InChI=1S/C10H12NOP/c1-13-10(12)9(11)7-8-5-3-2-4-6-8/h2-6,9H,1,7,11H2/t9-/m0/s1. The lowest BCUT2D eigenvalue weighted by Gasteiger charge is -2.06. The number of carbonyl (C=O) groups excluding carboxylic acids is 1. The van der Waals surface area contributed by atoms with Gasteiger partial charge in [-0.05, 0) is 20.2 Å². The van der Waals surface area contributed by atoms with Crippen molar-refractivity contribution in [2.24, 2.45) is 5.73 Å². The molecule has 0 aliphatic heterocycles. The molecule has 0 radical (unpaired) electrons. The molecule has 13 heavy (non-hydrogen) atoms. The Bertz CT molecular complexity index is 297. The van der Waals surface area contributed by atoms with Crippen molar-refractivity contribution in [3.8, 4) is 0 Å². The zero-order chi connectivity index (χ0) is 9.68. The first kappa shape index (κ1) is 10.1. The monoisotopic (exact) mass is 193 g/mol. The fourth-order valence-corrected chi connectivity index (χ4v) is 1.40. The summed E-state index contributed by atoms with van der Waals surface area (Å²) >= 11 is 0. The van der Waals surface area contributed by atoms with Crippen molar-refractivity contribution >= 4 is 20.0 Å². The summed E-state index contributed by atoms with van der Waals surface area (Å²) in [6.45, 7) is 0. The fraction of sp³-hybridized carbons (Fsp3) is 0.200. The van der Waals surface area contributed by atoms with E-state index in [1.807, 2.05) is 30.3 Å². The lowest BCUT2D eigenvalue weighted by molar-refractivity contribution is -0.112. The molecule has 0 fully saturated rings. The number of hydrogen-bond donors (Lipinski definition) is 1. The van der Waals surface area contributed by atoms with Gasteiger partial charge in [0, 0.05) is 0 Å². The molecule has 0 spiro atoms. The van der Waals surface area contributed by atoms with Crippen LogP contribution in [0.25, 0.3) is 0 Å². The van der Waals surface area contributed by atoms with E-state index in [1.165, 1.54) is 0 Å². The molecule has 3 heteroatoms. The van der Waals surface area contributed by atoms with E-state index in [2.05, 4.69) is 6.30 Å². The minimum absolute atomic E-state index is 0.0103. The van der Waals surface area contributed by atoms with Gasteiger partial charge in [0.05, 0.1) is 6.04 Å². The van der Waals surface area contributed by atoms with Gasteiger partial charge in [-0.15, -0.1) is 0 Å². The lowest BCUT2D eigenvalue weighted by Crippen LogP contribution is -2.29. The van der Waals surface area contributed by atoms with E-state index in [0.717, 1.165) is 5.56 Å². The number of rotatable bonds is 4. The number of nitrogens with two attached hydrogens (primary N) is 1. The highest BCUT2D eigenvalue weighted by Gasteiger charge is 2.10. The second-order valence-electron chi connectivity index (χ2n) is 2.79. The van der Waals surface area contributed by atoms with E-state index in [4.69, 9.17) is 5.73 Å². The van der Waals surface area contributed by atoms with Crippen LogP contribution in [0.4, 0.5) is 0 Å². The van der Waals surface area contributed by atoms with Gasteiger partial charge in [0.2, 0.25) is 0 Å². The first-order chi connectivity index (χ1) is 6.24. The molecule has 68 valence electrons. The molecule has 1 aromatic rings. The quantitative estimate of drug-likeness (QED) is 0.735. The van der Waals surface area contributed by atoms with Gasteiger partial charge in [-0.1, -0.05) is 36.6 Å². The average molecular weight is 193 g/mol. The van der Waals surface area contributed by atoms with Crippen LogP contribution in [0, 0.1) is 0 Å². The maximum atomic E-state index is 11.1. The summed E-state index contributed by atoms with van der Waals surface area (Å²) in [6, 6.07) is 9.33. The van der Waals surface area contributed by atoms with Crippen molar-refractivity contribution in [3.05, 3.63) is 35.9 Å². The molecule has 1 atom stereocenters. The van der Waals surface area contributed by atoms with E-state index >= 15 is 0 Å². The van der Waals surface area contributed by atoms with E-state index in [1.54, 1.807) is 0 Å². The first-order valence-corrected chi connectivity index (χ1v) is 5.12. The third-order valence-electron chi connectivity index (χ3n) is 1.77. The summed E-state index contributed by atoms with van der Waals surface area (Å²) in [4.78, 5) is 11.1. The number of hydrogen-bond acceptors (Lipinski definition) is 2. The van der Waals surface area contributed by atoms with Crippen molar-refractivity contribution in [2.45, 2.75) is 12.5 Å². The Balaban J connectivity index is 2.60. The first-order valence-electron chi connectivity index (χ1n) is 4.04. The summed E-state index contributed by atoms with van der Waals surface area (Å²) < 4.78 is 0. The molecule has 1 aromatic carbocycles. The molecule has 0 saturated carbocycles. The Hall–Kier alpha value is -0.980. The Labute approximate surface area is 79.6 Å². The number of carbonyl (C=O) groups is 1. The van der Waals surface area contributed by atoms with E-state index < -0.39 is 6.04 Å². The Kier molecular flexibility index (Phi) is 3.81. The van der Waals surface area contributed by atoms with Crippen LogP contribution >= 0.6 is 8.20 Å². The van der Waals surface area contributed by atoms with Gasteiger partial charge in [-0.3, -0.25) is 4.79 Å². The topological polar surface area (TPSA) is 43.1 Å². The van der Waals surface area contributed by atoms with E-state index in [-0.39, 0.29) is 5.52 Å². The van der Waals surface area contributed by atoms with Crippen LogP contribution in [-0.4, -0.2) is 17.9 Å². The second kappa shape index (κ2) is 4.90. The highest BCUT2D eigenvalue weighted by molar-refractivity contribution is 7.56. The molecular weight excluding hydrogens is 181 g/mol. The molecule has 0 bridgehead atoms. The van der Waals surface area contributed by atoms with Crippen LogP contribution in [0.3, 0.4) is 0 Å².